The quantitative estimate of drug-likeness (QED) is 0.909. The first-order valence-corrected chi connectivity index (χ1v) is 7.64. The third kappa shape index (κ3) is 3.42. The highest BCUT2D eigenvalue weighted by atomic mass is 19.1. The summed E-state index contributed by atoms with van der Waals surface area (Å²) in [6.45, 7) is 1.61. The Morgan fingerprint density at radius 3 is 2.65 bits per heavy atom. The van der Waals surface area contributed by atoms with Crippen LogP contribution in [-0.2, 0) is 16.8 Å². The number of nitrogens with one attached hydrogen (secondary N) is 1. The molecule has 1 fully saturated rings. The third-order valence-electron chi connectivity index (χ3n) is 4.20. The van der Waals surface area contributed by atoms with E-state index in [2.05, 4.69) is 5.32 Å². The predicted molar refractivity (Wildman–Crippen MR) is 83.0 cm³/mol. The molecule has 2 aromatic carbocycles. The molecule has 0 aliphatic carbocycles. The number of benzene rings is 2. The molecular weight excluding hydrogens is 300 g/mol. The summed E-state index contributed by atoms with van der Waals surface area (Å²) in [6, 6.07) is 12.3. The molecule has 1 saturated heterocycles. The number of rotatable bonds is 4. The van der Waals surface area contributed by atoms with Crippen LogP contribution in [0.25, 0.3) is 0 Å². The fourth-order valence-corrected chi connectivity index (χ4v) is 2.97. The fraction of sp³-hybridized carbons (Fsp3) is 0.333. The number of ether oxygens (including phenoxy) is 1. The van der Waals surface area contributed by atoms with Crippen LogP contribution >= 0.6 is 0 Å². The second kappa shape index (κ2) is 6.74. The molecule has 1 heterocycles. The molecule has 2 aromatic rings. The molecule has 1 aliphatic rings. The Morgan fingerprint density at radius 2 is 1.96 bits per heavy atom. The maximum absolute atomic E-state index is 14.0. The van der Waals surface area contributed by atoms with E-state index >= 15 is 0 Å². The summed E-state index contributed by atoms with van der Waals surface area (Å²) in [7, 11) is 0. The summed E-state index contributed by atoms with van der Waals surface area (Å²) in [4.78, 5) is 0. The summed E-state index contributed by atoms with van der Waals surface area (Å²) in [5, 5.41) is 14.5. The lowest BCUT2D eigenvalue weighted by molar-refractivity contribution is -0.124. The average Bonchev–Trinajstić information content (AvgIpc) is 2.59. The van der Waals surface area contributed by atoms with E-state index in [1.165, 1.54) is 0 Å². The summed E-state index contributed by atoms with van der Waals surface area (Å²) in [6.07, 6.45) is -0.603. The normalized spacial score (nSPS) is 20.9. The highest BCUT2D eigenvalue weighted by Crippen LogP contribution is 2.32. The molecule has 2 atom stereocenters. The van der Waals surface area contributed by atoms with Gasteiger partial charge in [0, 0.05) is 19.5 Å². The van der Waals surface area contributed by atoms with Crippen LogP contribution in [0.1, 0.15) is 11.1 Å². The second-order valence-electron chi connectivity index (χ2n) is 5.77. The number of halogens is 2. The third-order valence-corrected chi connectivity index (χ3v) is 4.20. The molecule has 2 N–H and O–H groups in total. The standard InChI is InChI=1S/C18H19F2NO2/c19-15-6-7-16(20)13(10-15)11-18(22,14-4-2-1-3-5-14)17-12-21-8-9-23-17/h1-7,10,17,21-22H,8-9,11-12H2/t17?,18-/m1/s1. The Balaban J connectivity index is 1.99. The van der Waals surface area contributed by atoms with E-state index < -0.39 is 23.3 Å². The van der Waals surface area contributed by atoms with Crippen molar-refractivity contribution < 1.29 is 18.6 Å². The van der Waals surface area contributed by atoms with Gasteiger partial charge in [-0.25, -0.2) is 8.78 Å². The van der Waals surface area contributed by atoms with E-state index in [9.17, 15) is 13.9 Å². The van der Waals surface area contributed by atoms with Gasteiger partial charge in [0.2, 0.25) is 0 Å². The lowest BCUT2D eigenvalue weighted by Crippen LogP contribution is -2.52. The molecule has 1 unspecified atom stereocenters. The molecule has 0 amide bonds. The molecule has 1 aliphatic heterocycles. The molecule has 0 radical (unpaired) electrons. The fourth-order valence-electron chi connectivity index (χ4n) is 2.97. The zero-order chi connectivity index (χ0) is 16.3. The number of hydrogen-bond donors (Lipinski definition) is 2. The topological polar surface area (TPSA) is 41.5 Å². The van der Waals surface area contributed by atoms with Crippen molar-refractivity contribution in [3.8, 4) is 0 Å². The van der Waals surface area contributed by atoms with Crippen molar-refractivity contribution in [1.29, 1.82) is 0 Å². The Morgan fingerprint density at radius 1 is 1.17 bits per heavy atom. The van der Waals surface area contributed by atoms with E-state index in [4.69, 9.17) is 4.74 Å². The van der Waals surface area contributed by atoms with E-state index in [0.717, 1.165) is 18.2 Å². The van der Waals surface area contributed by atoms with Crippen LogP contribution < -0.4 is 5.32 Å². The van der Waals surface area contributed by atoms with Gasteiger partial charge in [0.1, 0.15) is 23.3 Å². The average molecular weight is 319 g/mol. The Hall–Kier alpha value is -1.82. The maximum atomic E-state index is 14.0. The van der Waals surface area contributed by atoms with Gasteiger partial charge in [-0.2, -0.15) is 0 Å². The van der Waals surface area contributed by atoms with Crippen LogP contribution in [-0.4, -0.2) is 30.9 Å². The van der Waals surface area contributed by atoms with E-state index in [1.54, 1.807) is 24.3 Å². The van der Waals surface area contributed by atoms with Gasteiger partial charge in [-0.15, -0.1) is 0 Å². The van der Waals surface area contributed by atoms with Crippen LogP contribution in [0.3, 0.4) is 0 Å². The molecule has 122 valence electrons. The van der Waals surface area contributed by atoms with Crippen LogP contribution in [0.15, 0.2) is 48.5 Å². The minimum atomic E-state index is -1.44. The minimum Gasteiger partial charge on any atom is -0.382 e. The van der Waals surface area contributed by atoms with Crippen molar-refractivity contribution in [2.75, 3.05) is 19.7 Å². The lowest BCUT2D eigenvalue weighted by atomic mass is 9.82. The summed E-state index contributed by atoms with van der Waals surface area (Å²) in [5.74, 6) is -1.07. The highest BCUT2D eigenvalue weighted by Gasteiger charge is 2.41. The second-order valence-corrected chi connectivity index (χ2v) is 5.77. The Kier molecular flexibility index (Phi) is 4.71. The number of aliphatic hydroxyl groups is 1. The van der Waals surface area contributed by atoms with Gasteiger partial charge in [0.15, 0.2) is 0 Å². The van der Waals surface area contributed by atoms with E-state index in [-0.39, 0.29) is 12.0 Å². The Bertz CT molecular complexity index is 659. The van der Waals surface area contributed by atoms with Gasteiger partial charge in [0.25, 0.3) is 0 Å². The first-order chi connectivity index (χ1) is 11.1. The van der Waals surface area contributed by atoms with Crippen LogP contribution in [0.2, 0.25) is 0 Å². The number of hydrogen-bond acceptors (Lipinski definition) is 3. The van der Waals surface area contributed by atoms with E-state index in [1.807, 2.05) is 6.07 Å². The van der Waals surface area contributed by atoms with Gasteiger partial charge in [-0.05, 0) is 29.3 Å². The lowest BCUT2D eigenvalue weighted by Gasteiger charge is -2.39. The molecular formula is C18H19F2NO2. The molecule has 3 rings (SSSR count). The number of morpholine rings is 1. The summed E-state index contributed by atoms with van der Waals surface area (Å²) in [5.41, 5.74) is -0.688. The maximum Gasteiger partial charge on any atom is 0.126 e. The van der Waals surface area contributed by atoms with Crippen molar-refractivity contribution in [3.05, 3.63) is 71.3 Å². The van der Waals surface area contributed by atoms with Gasteiger partial charge in [-0.3, -0.25) is 0 Å². The zero-order valence-electron chi connectivity index (χ0n) is 12.6. The van der Waals surface area contributed by atoms with Crippen molar-refractivity contribution in [2.45, 2.75) is 18.1 Å². The molecule has 5 heteroatoms. The molecule has 0 spiro atoms. The predicted octanol–water partition coefficient (Wildman–Crippen LogP) is 2.38. The van der Waals surface area contributed by atoms with Crippen molar-refractivity contribution in [3.63, 3.8) is 0 Å². The summed E-state index contributed by atoms with van der Waals surface area (Å²) < 4.78 is 33.2. The summed E-state index contributed by atoms with van der Waals surface area (Å²) >= 11 is 0. The first-order valence-electron chi connectivity index (χ1n) is 7.64. The van der Waals surface area contributed by atoms with Gasteiger partial charge < -0.3 is 15.2 Å². The van der Waals surface area contributed by atoms with Gasteiger partial charge in [-0.1, -0.05) is 30.3 Å². The zero-order valence-corrected chi connectivity index (χ0v) is 12.6. The highest BCUT2D eigenvalue weighted by molar-refractivity contribution is 5.29. The van der Waals surface area contributed by atoms with E-state index in [0.29, 0.717) is 25.3 Å². The molecule has 0 saturated carbocycles. The molecule has 0 bridgehead atoms. The van der Waals surface area contributed by atoms with Crippen LogP contribution in [0.5, 0.6) is 0 Å². The molecule has 23 heavy (non-hydrogen) atoms. The van der Waals surface area contributed by atoms with Crippen LogP contribution in [0, 0.1) is 11.6 Å². The first kappa shape index (κ1) is 16.1. The van der Waals surface area contributed by atoms with Crippen LogP contribution in [0.4, 0.5) is 8.78 Å². The van der Waals surface area contributed by atoms with Gasteiger partial charge in [0.05, 0.1) is 6.61 Å². The van der Waals surface area contributed by atoms with Crippen molar-refractivity contribution in [1.82, 2.24) is 5.32 Å². The smallest absolute Gasteiger partial charge is 0.126 e. The van der Waals surface area contributed by atoms with Crippen molar-refractivity contribution in [2.24, 2.45) is 0 Å². The van der Waals surface area contributed by atoms with Gasteiger partial charge >= 0.3 is 0 Å². The monoisotopic (exact) mass is 319 g/mol. The largest absolute Gasteiger partial charge is 0.382 e. The Labute approximate surface area is 133 Å². The SMILES string of the molecule is O[C@](Cc1cc(F)ccc1F)(c1ccccc1)C1CNCCO1. The molecule has 0 aromatic heterocycles. The van der Waals surface area contributed by atoms with Crippen molar-refractivity contribution >= 4 is 0 Å². The minimum absolute atomic E-state index is 0.0625. The molecule has 3 nitrogen and oxygen atoms in total.